The van der Waals surface area contributed by atoms with Crippen molar-refractivity contribution >= 4 is 32.2 Å². The number of ether oxygens (including phenoxy) is 9. The van der Waals surface area contributed by atoms with Gasteiger partial charge in [0.15, 0.2) is 23.0 Å². The highest BCUT2D eigenvalue weighted by atomic mass is 32.2. The number of nitrogens with one attached hydrogen (secondary N) is 3. The molecule has 6 aromatic rings. The van der Waals surface area contributed by atoms with Gasteiger partial charge in [-0.15, -0.1) is 0 Å². The van der Waals surface area contributed by atoms with E-state index in [0.29, 0.717) is 67.8 Å². The van der Waals surface area contributed by atoms with Gasteiger partial charge in [0.05, 0.1) is 53.3 Å². The Hall–Kier alpha value is -7.68. The number of nitrogens with zero attached hydrogens (tertiary/aromatic N) is 1. The third-order valence-electron chi connectivity index (χ3n) is 14.2. The van der Waals surface area contributed by atoms with Crippen LogP contribution in [0.25, 0.3) is 0 Å². The Labute approximate surface area is 541 Å². The number of hydroxylamine groups is 1. The van der Waals surface area contributed by atoms with E-state index in [1.165, 1.54) is 30.3 Å². The van der Waals surface area contributed by atoms with E-state index >= 15 is 0 Å². The fourth-order valence-corrected chi connectivity index (χ4v) is 11.3. The number of benzene rings is 6. The Morgan fingerprint density at radius 3 is 1.48 bits per heavy atom. The fourth-order valence-electron chi connectivity index (χ4n) is 9.11. The second-order valence-corrected chi connectivity index (χ2v) is 27.4. The van der Waals surface area contributed by atoms with E-state index in [2.05, 4.69) is 15.5 Å². The predicted molar refractivity (Wildman–Crippen MR) is 344 cm³/mol. The molecule has 4 atom stereocenters. The number of amides is 2. The van der Waals surface area contributed by atoms with Gasteiger partial charge in [-0.25, -0.2) is 26.4 Å². The van der Waals surface area contributed by atoms with Crippen molar-refractivity contribution in [2.75, 3.05) is 26.7 Å². The highest BCUT2D eigenvalue weighted by molar-refractivity contribution is 7.89. The van der Waals surface area contributed by atoms with E-state index in [1.807, 2.05) is 158 Å². The highest BCUT2D eigenvalue weighted by Gasteiger charge is 2.37. The largest absolute Gasteiger partial charge is 0.489 e. The molecule has 24 heteroatoms. The molecule has 9 rings (SSSR count). The zero-order valence-corrected chi connectivity index (χ0v) is 55.6. The van der Waals surface area contributed by atoms with Crippen molar-refractivity contribution in [3.8, 4) is 34.5 Å². The summed E-state index contributed by atoms with van der Waals surface area (Å²) in [6.45, 7) is 19.6. The number of aliphatic hydroxyl groups excluding tert-OH is 1. The lowest BCUT2D eigenvalue weighted by molar-refractivity contribution is -0.149. The van der Waals surface area contributed by atoms with Crippen molar-refractivity contribution in [1.29, 1.82) is 0 Å². The van der Waals surface area contributed by atoms with Crippen molar-refractivity contribution in [3.63, 3.8) is 0 Å². The zero-order valence-electron chi connectivity index (χ0n) is 54.0. The standard InChI is InChI=1S/C34H44N2O9S.C22H27NO4.C12H17NO5S/c1-6-26(7-2)45-36(46(39,40)28-17-18-31-32(20-28)43-23-42-31)21-30(37)29(35-33(38)44-34(3,4)5)19-24-13-15-27(16-14-24)41-22-25-11-9-8-10-12-25;1-22(2,3)27-21(24)23-19(20-15-26-20)13-16-9-11-18(12-10-16)25-14-17-7-5-4-6-8-17;1-3-9(4-2)18-13-19(14,15)10-5-6-11-12(7-10)17-8-16-11/h8-18,20,26,29-30,37H,6-7,19,21-23H2,1-5H3,(H,35,38);4-12,19-20H,13-15H2,1-3H3,(H,23,24);5-7,9,13H,3-4,8H2,1-2H3/t29-,30+;19-,20?;/m00./s1. The van der Waals surface area contributed by atoms with Crippen LogP contribution in [0.2, 0.25) is 0 Å². The zero-order chi connectivity index (χ0) is 66.5. The smallest absolute Gasteiger partial charge is 0.407 e. The molecule has 0 saturated carbocycles. The molecule has 3 aliphatic heterocycles. The van der Waals surface area contributed by atoms with E-state index < -0.39 is 68.2 Å². The summed E-state index contributed by atoms with van der Waals surface area (Å²) in [6.07, 6.45) is 0.338. The summed E-state index contributed by atoms with van der Waals surface area (Å²) < 4.78 is 102. The lowest BCUT2D eigenvalue weighted by atomic mass is 10.0. The van der Waals surface area contributed by atoms with Gasteiger partial charge >= 0.3 is 12.2 Å². The molecule has 0 spiro atoms. The monoisotopic (exact) mass is 1310 g/mol. The minimum atomic E-state index is -4.28. The third kappa shape index (κ3) is 23.2. The SMILES string of the molecule is CC(C)(C)OC(=O)N[C@@H](Cc1ccc(OCc2ccccc2)cc1)C1CO1.CCC(CC)ON(C[C@@H](O)[C@H](Cc1ccc(OCc2ccccc2)cc1)NC(=O)OC(C)(C)C)S(=O)(=O)c1ccc2c(c1)OCO2.CCC(CC)ONS(=O)(=O)c1ccc2c(c1)OCO2. The molecule has 22 nitrogen and oxygen atoms in total. The van der Waals surface area contributed by atoms with Crippen LogP contribution in [0, 0.1) is 0 Å². The Morgan fingerprint density at radius 2 is 1.01 bits per heavy atom. The Bertz CT molecular complexity index is 3490. The number of alkyl carbamates (subject to hydrolysis) is 2. The lowest BCUT2D eigenvalue weighted by Gasteiger charge is -2.31. The second kappa shape index (κ2) is 33.8. The maximum Gasteiger partial charge on any atom is 0.407 e. The van der Waals surface area contributed by atoms with Gasteiger partial charge in [0.2, 0.25) is 13.6 Å². The predicted octanol–water partition coefficient (Wildman–Crippen LogP) is 11.5. The first-order valence-electron chi connectivity index (χ1n) is 30.8. The third-order valence-corrected chi connectivity index (χ3v) is 17.1. The van der Waals surface area contributed by atoms with E-state index in [0.717, 1.165) is 45.3 Å². The number of carbonyl (C=O) groups is 2. The topological polar surface area (TPSA) is 267 Å². The van der Waals surface area contributed by atoms with Gasteiger partial charge in [0.1, 0.15) is 42.0 Å². The summed E-state index contributed by atoms with van der Waals surface area (Å²) >= 11 is 0. The number of carbonyl (C=O) groups excluding carboxylic acids is 2. The number of hydrogen-bond acceptors (Lipinski definition) is 18. The van der Waals surface area contributed by atoms with E-state index in [1.54, 1.807) is 26.8 Å². The summed E-state index contributed by atoms with van der Waals surface area (Å²) in [5.74, 6) is 3.17. The van der Waals surface area contributed by atoms with Crippen LogP contribution in [0.3, 0.4) is 0 Å². The Balaban J connectivity index is 0.000000219. The molecule has 1 fully saturated rings. The van der Waals surface area contributed by atoms with E-state index in [4.69, 9.17) is 52.3 Å². The van der Waals surface area contributed by atoms with Crippen LogP contribution in [-0.2, 0) is 70.0 Å². The molecule has 3 heterocycles. The molecule has 1 unspecified atom stereocenters. The van der Waals surface area contributed by atoms with Crippen LogP contribution in [0.15, 0.2) is 155 Å². The van der Waals surface area contributed by atoms with E-state index in [-0.39, 0.29) is 48.0 Å². The van der Waals surface area contributed by atoms with Crippen LogP contribution in [0.1, 0.15) is 117 Å². The minimum absolute atomic E-state index is 0.0103. The summed E-state index contributed by atoms with van der Waals surface area (Å²) in [5, 5.41) is 17.2. The van der Waals surface area contributed by atoms with Crippen LogP contribution >= 0.6 is 0 Å². The quantitative estimate of drug-likeness (QED) is 0.0263. The number of epoxide rings is 1. The number of hydrogen-bond donors (Lipinski definition) is 4. The van der Waals surface area contributed by atoms with Gasteiger partial charge < -0.3 is 58.4 Å². The number of sulfonamides is 2. The molecule has 4 N–H and O–H groups in total. The summed E-state index contributed by atoms with van der Waals surface area (Å²) in [4.78, 5) is 38.2. The molecule has 0 aromatic heterocycles. The normalized spacial score (nSPS) is 15.0. The Morgan fingerprint density at radius 1 is 0.565 bits per heavy atom. The first-order chi connectivity index (χ1) is 43.8. The number of rotatable bonds is 28. The molecule has 0 aliphatic carbocycles. The van der Waals surface area contributed by atoms with Gasteiger partial charge in [-0.3, -0.25) is 9.68 Å². The molecule has 3 aliphatic rings. The first kappa shape index (κ1) is 71.8. The van der Waals surface area contributed by atoms with Crippen molar-refractivity contribution < 1.29 is 83.8 Å². The van der Waals surface area contributed by atoms with Gasteiger partial charge in [0, 0.05) is 12.1 Å². The molecule has 1 saturated heterocycles. The van der Waals surface area contributed by atoms with Gasteiger partial charge in [0.25, 0.3) is 20.0 Å². The molecule has 0 bridgehead atoms. The molecular weight excluding hydrogens is 1220 g/mol. The molecule has 500 valence electrons. The van der Waals surface area contributed by atoms with Crippen LogP contribution in [0.5, 0.6) is 34.5 Å². The molecular formula is C68H88N4O18S2. The first-order valence-corrected chi connectivity index (χ1v) is 33.7. The van der Waals surface area contributed by atoms with Crippen molar-refractivity contribution in [2.24, 2.45) is 0 Å². The van der Waals surface area contributed by atoms with Crippen LogP contribution in [-0.4, -0.2) is 113 Å². The van der Waals surface area contributed by atoms with E-state index in [9.17, 15) is 31.5 Å². The van der Waals surface area contributed by atoms with Gasteiger partial charge in [-0.1, -0.05) is 122 Å². The molecule has 2 amide bonds. The molecule has 0 radical (unpaired) electrons. The summed E-state index contributed by atoms with van der Waals surface area (Å²) in [6, 6.07) is 42.8. The van der Waals surface area contributed by atoms with Crippen LogP contribution < -0.4 is 43.9 Å². The Kier molecular flexibility index (Phi) is 26.3. The second-order valence-electron chi connectivity index (χ2n) is 23.9. The van der Waals surface area contributed by atoms with Crippen molar-refractivity contribution in [2.45, 2.75) is 178 Å². The minimum Gasteiger partial charge on any atom is -0.489 e. The highest BCUT2D eigenvalue weighted by Crippen LogP contribution is 2.36. The van der Waals surface area contributed by atoms with Gasteiger partial charge in [-0.05, 0) is 151 Å². The van der Waals surface area contributed by atoms with Crippen molar-refractivity contribution in [3.05, 3.63) is 168 Å². The molecule has 6 aromatic carbocycles. The van der Waals surface area contributed by atoms with Gasteiger partial charge in [-0.2, -0.15) is 0 Å². The van der Waals surface area contributed by atoms with Crippen LogP contribution in [0.4, 0.5) is 9.59 Å². The summed E-state index contributed by atoms with van der Waals surface area (Å²) in [7, 11) is -7.98. The average molecular weight is 1310 g/mol. The summed E-state index contributed by atoms with van der Waals surface area (Å²) in [5.41, 5.74) is 2.75. The number of aliphatic hydroxyl groups is 1. The fraction of sp³-hybridized carbons (Fsp3) is 0.441. The lowest BCUT2D eigenvalue weighted by Crippen LogP contribution is -2.51. The number of fused-ring (bicyclic) bond motifs is 2. The molecule has 92 heavy (non-hydrogen) atoms. The maximum absolute atomic E-state index is 13.9. The average Bonchev–Trinajstić information content (AvgIpc) is 1.24. The maximum atomic E-state index is 13.9. The van der Waals surface area contributed by atoms with Crippen molar-refractivity contribution in [1.82, 2.24) is 20.0 Å².